The summed E-state index contributed by atoms with van der Waals surface area (Å²) in [6.45, 7) is 7.40. The molecule has 14 heteroatoms. The van der Waals surface area contributed by atoms with E-state index in [1.807, 2.05) is 6.07 Å². The number of alkyl halides is 2. The number of amides is 3. The molecule has 2 heterocycles. The number of hydrogen-bond donors (Lipinski definition) is 2. The topological polar surface area (TPSA) is 131 Å². The number of anilines is 2. The monoisotopic (exact) mass is 622 g/mol. The lowest BCUT2D eigenvalue weighted by atomic mass is 9.87. The molecule has 1 unspecified atom stereocenters. The first-order valence-electron chi connectivity index (χ1n) is 13.2. The van der Waals surface area contributed by atoms with Crippen molar-refractivity contribution < 1.29 is 32.7 Å². The minimum atomic E-state index is -2.98. The third-order valence-electron chi connectivity index (χ3n) is 7.34. The number of nitrogens with one attached hydrogen (secondary N) is 1. The summed E-state index contributed by atoms with van der Waals surface area (Å²) in [6, 6.07) is 9.22. The van der Waals surface area contributed by atoms with Crippen LogP contribution in [0.5, 0.6) is 0 Å². The van der Waals surface area contributed by atoms with Gasteiger partial charge in [-0.2, -0.15) is 5.26 Å². The fraction of sp³-hybridized carbons (Fsp3) is 0.267. The zero-order valence-electron chi connectivity index (χ0n) is 22.6. The Kier molecular flexibility index (Phi) is 8.28. The quantitative estimate of drug-likeness (QED) is 0.375. The highest BCUT2D eigenvalue weighted by Gasteiger charge is 2.50. The summed E-state index contributed by atoms with van der Waals surface area (Å²) in [5.41, 5.74) is -0.351. The fourth-order valence-electron chi connectivity index (χ4n) is 5.30. The van der Waals surface area contributed by atoms with Gasteiger partial charge in [0, 0.05) is 47.8 Å². The first-order chi connectivity index (χ1) is 20.9. The second-order valence-electron chi connectivity index (χ2n) is 10.4. The minimum absolute atomic E-state index is 0.00831. The lowest BCUT2D eigenvalue weighted by molar-refractivity contribution is -0.133. The first kappa shape index (κ1) is 30.5. The van der Waals surface area contributed by atoms with E-state index in [0.29, 0.717) is 0 Å². The van der Waals surface area contributed by atoms with E-state index in [-0.39, 0.29) is 33.3 Å². The highest BCUT2D eigenvalue weighted by atomic mass is 35.5. The van der Waals surface area contributed by atoms with E-state index in [0.717, 1.165) is 28.0 Å². The maximum Gasteiger partial charge on any atom is 0.257 e. The maximum absolute atomic E-state index is 14.8. The van der Waals surface area contributed by atoms with E-state index < -0.39 is 73.0 Å². The van der Waals surface area contributed by atoms with Gasteiger partial charge >= 0.3 is 0 Å². The molecule has 2 aliphatic rings. The van der Waals surface area contributed by atoms with Gasteiger partial charge in [0.05, 0.1) is 18.2 Å². The fourth-order valence-corrected chi connectivity index (χ4v) is 5.54. The molecular formula is C30H22ClF3N6O4. The van der Waals surface area contributed by atoms with Crippen LogP contribution in [-0.4, -0.2) is 51.9 Å². The Balaban J connectivity index is 1.67. The molecule has 1 aliphatic heterocycles. The molecule has 0 radical (unpaired) electrons. The Morgan fingerprint density at radius 1 is 1.23 bits per heavy atom. The van der Waals surface area contributed by atoms with Crippen molar-refractivity contribution in [1.82, 2.24) is 10.3 Å². The Morgan fingerprint density at radius 2 is 1.95 bits per heavy atom. The lowest BCUT2D eigenvalue weighted by Crippen LogP contribution is -2.56. The molecule has 0 bridgehead atoms. The van der Waals surface area contributed by atoms with E-state index in [2.05, 4.69) is 15.1 Å². The number of aliphatic hydroxyl groups excluding tert-OH is 1. The molecule has 1 aromatic heterocycles. The molecule has 1 saturated carbocycles. The average Bonchev–Trinajstić information content (AvgIpc) is 3.28. The number of benzene rings is 2. The first-order valence-corrected chi connectivity index (χ1v) is 13.6. The van der Waals surface area contributed by atoms with Gasteiger partial charge in [0.2, 0.25) is 5.91 Å². The number of halogens is 4. The standard InChI is InChI=1S/C30H22ClF3N6O4/c1-36-18-9-17(32)10-20(11-18)39(26(21-4-2-3-5-22(21)31)27(42)38-19-13-30(33,34)14-19)28(43)23-12-24(41)29(44)40(23)25-8-16(15-35)6-7-37-25/h2-11,19,23-24,26,41H,12-14H2,(H,38,42)/t23-,24+,26?/m0/s1. The summed E-state index contributed by atoms with van der Waals surface area (Å²) >= 11 is 6.48. The molecule has 44 heavy (non-hydrogen) atoms. The second kappa shape index (κ2) is 12.0. The van der Waals surface area contributed by atoms with Crippen molar-refractivity contribution in [3.05, 3.63) is 94.2 Å². The van der Waals surface area contributed by atoms with Crippen LogP contribution in [0, 0.1) is 23.7 Å². The van der Waals surface area contributed by atoms with Gasteiger partial charge in [0.25, 0.3) is 17.7 Å². The van der Waals surface area contributed by atoms with Crippen molar-refractivity contribution in [3.8, 4) is 6.07 Å². The van der Waals surface area contributed by atoms with E-state index in [1.165, 1.54) is 36.5 Å². The van der Waals surface area contributed by atoms with Crippen LogP contribution in [0.3, 0.4) is 0 Å². The van der Waals surface area contributed by atoms with Crippen molar-refractivity contribution >= 4 is 46.5 Å². The summed E-state index contributed by atoms with van der Waals surface area (Å²) in [4.78, 5) is 50.6. The van der Waals surface area contributed by atoms with Crippen molar-refractivity contribution in [2.75, 3.05) is 9.80 Å². The molecule has 3 amide bonds. The molecule has 0 spiro atoms. The number of carbonyl (C=O) groups excluding carboxylic acids is 3. The number of hydrogen-bond acceptors (Lipinski definition) is 6. The van der Waals surface area contributed by atoms with E-state index in [4.69, 9.17) is 18.2 Å². The average molecular weight is 623 g/mol. The van der Waals surface area contributed by atoms with Crippen LogP contribution >= 0.6 is 11.6 Å². The van der Waals surface area contributed by atoms with Crippen LogP contribution in [0.2, 0.25) is 5.02 Å². The molecule has 10 nitrogen and oxygen atoms in total. The summed E-state index contributed by atoms with van der Waals surface area (Å²) < 4.78 is 42.1. The number of pyridine rings is 1. The Bertz CT molecular complexity index is 1730. The predicted molar refractivity (Wildman–Crippen MR) is 151 cm³/mol. The van der Waals surface area contributed by atoms with Gasteiger partial charge in [-0.3, -0.25) is 24.2 Å². The molecule has 2 N–H and O–H groups in total. The molecule has 3 aromatic rings. The van der Waals surface area contributed by atoms with Gasteiger partial charge in [0.1, 0.15) is 29.8 Å². The number of rotatable bonds is 7. The second-order valence-corrected chi connectivity index (χ2v) is 10.8. The van der Waals surface area contributed by atoms with Gasteiger partial charge in [-0.05, 0) is 36.4 Å². The smallest absolute Gasteiger partial charge is 0.257 e. The van der Waals surface area contributed by atoms with Gasteiger partial charge in [-0.15, -0.1) is 0 Å². The van der Waals surface area contributed by atoms with Crippen LogP contribution < -0.4 is 15.1 Å². The zero-order valence-corrected chi connectivity index (χ0v) is 23.4. The molecule has 5 rings (SSSR count). The summed E-state index contributed by atoms with van der Waals surface area (Å²) in [5.74, 6) is -6.89. The molecule has 2 fully saturated rings. The lowest BCUT2D eigenvalue weighted by Gasteiger charge is -2.39. The van der Waals surface area contributed by atoms with Gasteiger partial charge in [-0.25, -0.2) is 23.0 Å². The molecule has 3 atom stereocenters. The van der Waals surface area contributed by atoms with Gasteiger partial charge in [0.15, 0.2) is 5.69 Å². The van der Waals surface area contributed by atoms with Crippen molar-refractivity contribution in [3.63, 3.8) is 0 Å². The Morgan fingerprint density at radius 3 is 2.61 bits per heavy atom. The van der Waals surface area contributed by atoms with Crippen molar-refractivity contribution in [2.45, 2.75) is 49.4 Å². The van der Waals surface area contributed by atoms with Crippen molar-refractivity contribution in [2.24, 2.45) is 0 Å². The van der Waals surface area contributed by atoms with Crippen LogP contribution in [0.25, 0.3) is 4.85 Å². The normalized spacial score (nSPS) is 19.8. The maximum atomic E-state index is 14.8. The van der Waals surface area contributed by atoms with Crippen LogP contribution in [0.4, 0.5) is 30.4 Å². The summed E-state index contributed by atoms with van der Waals surface area (Å²) in [5, 5.41) is 22.4. The van der Waals surface area contributed by atoms with Crippen LogP contribution in [0.15, 0.2) is 60.8 Å². The number of carbonyl (C=O) groups is 3. The Hall–Kier alpha value is -4.98. The van der Waals surface area contributed by atoms with Crippen molar-refractivity contribution in [1.29, 1.82) is 5.26 Å². The van der Waals surface area contributed by atoms with Crippen LogP contribution in [-0.2, 0) is 14.4 Å². The molecule has 224 valence electrons. The van der Waals surface area contributed by atoms with E-state index in [9.17, 15) is 37.9 Å². The van der Waals surface area contributed by atoms with Crippen LogP contribution in [0.1, 0.15) is 36.4 Å². The number of aromatic nitrogens is 1. The highest BCUT2D eigenvalue weighted by molar-refractivity contribution is 6.31. The number of nitrogens with zero attached hydrogens (tertiary/aromatic N) is 5. The third-order valence-corrected chi connectivity index (χ3v) is 7.69. The number of nitriles is 1. The minimum Gasteiger partial charge on any atom is -0.383 e. The summed E-state index contributed by atoms with van der Waals surface area (Å²) in [7, 11) is 0. The SMILES string of the molecule is [C-]#[N+]c1cc(F)cc(N(C(=O)[C@@H]2C[C@@H](O)C(=O)N2c2cc(C#N)ccn2)C(C(=O)NC2CC(F)(F)C2)c2ccccc2Cl)c1. The van der Waals surface area contributed by atoms with E-state index in [1.54, 1.807) is 6.07 Å². The molecule has 1 saturated heterocycles. The van der Waals surface area contributed by atoms with E-state index >= 15 is 0 Å². The third kappa shape index (κ3) is 5.93. The molecule has 1 aliphatic carbocycles. The largest absolute Gasteiger partial charge is 0.383 e. The van der Waals surface area contributed by atoms with Gasteiger partial charge < -0.3 is 10.4 Å². The zero-order chi connectivity index (χ0) is 31.8. The highest BCUT2D eigenvalue weighted by Crippen LogP contribution is 2.40. The predicted octanol–water partition coefficient (Wildman–Crippen LogP) is 4.45. The number of aliphatic hydroxyl groups is 1. The molecular weight excluding hydrogens is 601 g/mol. The molecule has 2 aromatic carbocycles. The summed E-state index contributed by atoms with van der Waals surface area (Å²) in [6.07, 6.45) is -2.18. The van der Waals surface area contributed by atoms with Gasteiger partial charge in [-0.1, -0.05) is 29.8 Å². The Labute approximate surface area is 254 Å².